The Bertz CT molecular complexity index is 398. The van der Waals surface area contributed by atoms with Crippen LogP contribution < -0.4 is 5.32 Å². The van der Waals surface area contributed by atoms with E-state index >= 15 is 0 Å². The van der Waals surface area contributed by atoms with E-state index in [4.69, 9.17) is 14.6 Å². The number of fused-ring (bicyclic) bond motifs is 2. The third-order valence-corrected chi connectivity index (χ3v) is 2.87. The van der Waals surface area contributed by atoms with Crippen LogP contribution in [0.5, 0.6) is 0 Å². The predicted molar refractivity (Wildman–Crippen MR) is 62.1 cm³/mol. The summed E-state index contributed by atoms with van der Waals surface area (Å²) in [6.45, 7) is 5.25. The van der Waals surface area contributed by atoms with Crippen LogP contribution in [0.4, 0.5) is 4.79 Å². The highest BCUT2D eigenvalue weighted by Gasteiger charge is 2.50. The lowest BCUT2D eigenvalue weighted by Gasteiger charge is -2.25. The number of rotatable bonds is 2. The minimum Gasteiger partial charge on any atom is -0.481 e. The Labute approximate surface area is 105 Å². The van der Waals surface area contributed by atoms with Gasteiger partial charge in [0.15, 0.2) is 0 Å². The monoisotopic (exact) mass is 255 g/mol. The van der Waals surface area contributed by atoms with Gasteiger partial charge in [-0.1, -0.05) is 12.2 Å². The quantitative estimate of drug-likeness (QED) is 0.717. The number of ether oxygens (including phenoxy) is 2. The van der Waals surface area contributed by atoms with Gasteiger partial charge >= 0.3 is 12.1 Å². The summed E-state index contributed by atoms with van der Waals surface area (Å²) >= 11 is 0. The summed E-state index contributed by atoms with van der Waals surface area (Å²) in [5, 5.41) is 11.7. The Morgan fingerprint density at radius 1 is 1.28 bits per heavy atom. The molecule has 2 aliphatic rings. The first-order valence-electron chi connectivity index (χ1n) is 5.84. The second-order valence-electron chi connectivity index (χ2n) is 5.49. The van der Waals surface area contributed by atoms with Crippen molar-refractivity contribution in [2.24, 2.45) is 5.92 Å². The van der Waals surface area contributed by atoms with Crippen molar-refractivity contribution in [3.63, 3.8) is 0 Å². The number of aliphatic carboxylic acids is 1. The molecule has 0 aromatic rings. The number of carbonyl (C=O) groups excluding carboxylic acids is 1. The van der Waals surface area contributed by atoms with Gasteiger partial charge in [0, 0.05) is 0 Å². The van der Waals surface area contributed by atoms with E-state index in [2.05, 4.69) is 5.32 Å². The Hall–Kier alpha value is -1.56. The second kappa shape index (κ2) is 4.28. The molecule has 0 aromatic heterocycles. The molecule has 6 heteroatoms. The zero-order chi connectivity index (χ0) is 13.5. The van der Waals surface area contributed by atoms with E-state index in [-0.39, 0.29) is 6.10 Å². The molecule has 2 aliphatic heterocycles. The molecule has 2 rings (SSSR count). The van der Waals surface area contributed by atoms with Crippen molar-refractivity contribution < 1.29 is 24.2 Å². The molecule has 2 N–H and O–H groups in total. The van der Waals surface area contributed by atoms with Crippen LogP contribution >= 0.6 is 0 Å². The van der Waals surface area contributed by atoms with Gasteiger partial charge in [0.05, 0.1) is 18.2 Å². The summed E-state index contributed by atoms with van der Waals surface area (Å²) in [6.07, 6.45) is 2.02. The Kier molecular flexibility index (Phi) is 3.06. The minimum atomic E-state index is -0.979. The fourth-order valence-electron chi connectivity index (χ4n) is 2.22. The predicted octanol–water partition coefficient (Wildman–Crippen LogP) is 0.918. The lowest BCUT2D eigenvalue weighted by atomic mass is 9.89. The van der Waals surface area contributed by atoms with Crippen LogP contribution in [0.2, 0.25) is 0 Å². The second-order valence-corrected chi connectivity index (χ2v) is 5.49. The molecule has 0 radical (unpaired) electrons. The van der Waals surface area contributed by atoms with Gasteiger partial charge in [-0.2, -0.15) is 0 Å². The zero-order valence-corrected chi connectivity index (χ0v) is 10.5. The maximum absolute atomic E-state index is 11.7. The van der Waals surface area contributed by atoms with Crippen LogP contribution in [-0.4, -0.2) is 41.0 Å². The molecular formula is C12H17NO5. The van der Waals surface area contributed by atoms with E-state index < -0.39 is 35.7 Å². The average Bonchev–Trinajstić information content (AvgIpc) is 2.73. The Morgan fingerprint density at radius 3 is 2.44 bits per heavy atom. The fraction of sp³-hybridized carbons (Fsp3) is 0.667. The minimum absolute atomic E-state index is 0.386. The molecule has 0 aromatic carbocycles. The lowest BCUT2D eigenvalue weighted by molar-refractivity contribution is -0.143. The first kappa shape index (κ1) is 12.9. The van der Waals surface area contributed by atoms with Gasteiger partial charge in [-0.25, -0.2) is 4.79 Å². The number of carbonyl (C=O) groups is 2. The van der Waals surface area contributed by atoms with E-state index in [9.17, 15) is 9.59 Å². The summed E-state index contributed by atoms with van der Waals surface area (Å²) in [6, 6.07) is -0.577. The molecule has 4 atom stereocenters. The third kappa shape index (κ3) is 2.48. The summed E-state index contributed by atoms with van der Waals surface area (Å²) in [5.41, 5.74) is -0.614. The van der Waals surface area contributed by atoms with Crippen LogP contribution in [0, 0.1) is 5.92 Å². The molecule has 6 nitrogen and oxygen atoms in total. The molecule has 1 saturated heterocycles. The van der Waals surface area contributed by atoms with Gasteiger partial charge in [-0.3, -0.25) is 4.79 Å². The lowest BCUT2D eigenvalue weighted by Crippen LogP contribution is -2.49. The number of hydrogen-bond donors (Lipinski definition) is 2. The van der Waals surface area contributed by atoms with Crippen molar-refractivity contribution in [1.82, 2.24) is 5.32 Å². The van der Waals surface area contributed by atoms with Crippen molar-refractivity contribution in [2.75, 3.05) is 0 Å². The smallest absolute Gasteiger partial charge is 0.407 e. The van der Waals surface area contributed by atoms with Crippen LogP contribution in [-0.2, 0) is 14.3 Å². The van der Waals surface area contributed by atoms with Gasteiger partial charge in [-0.15, -0.1) is 0 Å². The van der Waals surface area contributed by atoms with E-state index in [1.807, 2.05) is 0 Å². The van der Waals surface area contributed by atoms with Crippen LogP contribution in [0.1, 0.15) is 20.8 Å². The summed E-state index contributed by atoms with van der Waals surface area (Å²) in [7, 11) is 0. The van der Waals surface area contributed by atoms with E-state index in [1.165, 1.54) is 0 Å². The highest BCUT2D eigenvalue weighted by Crippen LogP contribution is 2.34. The van der Waals surface area contributed by atoms with Crippen LogP contribution in [0.15, 0.2) is 12.2 Å². The topological polar surface area (TPSA) is 84.9 Å². The molecule has 2 heterocycles. The maximum atomic E-state index is 11.7. The van der Waals surface area contributed by atoms with E-state index in [1.54, 1.807) is 32.9 Å². The number of carboxylic acids is 1. The number of carboxylic acid groups (broad SMARTS) is 1. The summed E-state index contributed by atoms with van der Waals surface area (Å²) < 4.78 is 10.5. The number of hydrogen-bond acceptors (Lipinski definition) is 4. The zero-order valence-electron chi connectivity index (χ0n) is 10.5. The first-order chi connectivity index (χ1) is 8.28. The first-order valence-corrected chi connectivity index (χ1v) is 5.84. The molecule has 0 unspecified atom stereocenters. The number of amides is 1. The fourth-order valence-corrected chi connectivity index (χ4v) is 2.22. The van der Waals surface area contributed by atoms with Gasteiger partial charge < -0.3 is 19.9 Å². The molecule has 100 valence electrons. The summed E-state index contributed by atoms with van der Waals surface area (Å²) in [5.74, 6) is -1.74. The molecular weight excluding hydrogens is 238 g/mol. The Morgan fingerprint density at radius 2 is 1.89 bits per heavy atom. The highest BCUT2D eigenvalue weighted by atomic mass is 16.6. The number of alkyl carbamates (subject to hydrolysis) is 1. The standard InChI is InChI=1S/C12H17NO5/c1-12(2,3)18-11(16)13-9-7-5-4-6(17-7)8(9)10(14)15/h4-9H,1-3H3,(H,13,16)(H,14,15)/t6-,7+,8-,9+/m1/s1. The normalized spacial score (nSPS) is 33.5. The van der Waals surface area contributed by atoms with Crippen LogP contribution in [0.3, 0.4) is 0 Å². The van der Waals surface area contributed by atoms with Crippen LogP contribution in [0.25, 0.3) is 0 Å². The Balaban J connectivity index is 2.02. The largest absolute Gasteiger partial charge is 0.481 e. The molecule has 0 saturated carbocycles. The third-order valence-electron chi connectivity index (χ3n) is 2.87. The average molecular weight is 255 g/mol. The van der Waals surface area contributed by atoms with Crippen molar-refractivity contribution in [3.8, 4) is 0 Å². The van der Waals surface area contributed by atoms with Gasteiger partial charge in [0.25, 0.3) is 0 Å². The molecule has 0 spiro atoms. The van der Waals surface area contributed by atoms with Crippen molar-refractivity contribution in [3.05, 3.63) is 12.2 Å². The molecule has 1 amide bonds. The van der Waals surface area contributed by atoms with Gasteiger partial charge in [0.1, 0.15) is 11.5 Å². The van der Waals surface area contributed by atoms with Crippen molar-refractivity contribution in [2.45, 2.75) is 44.6 Å². The SMILES string of the molecule is CC(C)(C)OC(=O)N[C@@H]1[C@H](C(=O)O)[C@H]2C=C[C@@H]1O2. The maximum Gasteiger partial charge on any atom is 0.407 e. The van der Waals surface area contributed by atoms with Crippen molar-refractivity contribution >= 4 is 12.1 Å². The molecule has 18 heavy (non-hydrogen) atoms. The summed E-state index contributed by atoms with van der Waals surface area (Å²) in [4.78, 5) is 22.8. The molecule has 1 fully saturated rings. The van der Waals surface area contributed by atoms with E-state index in [0.29, 0.717) is 0 Å². The molecule has 2 bridgehead atoms. The number of nitrogens with one attached hydrogen (secondary N) is 1. The van der Waals surface area contributed by atoms with Gasteiger partial charge in [-0.05, 0) is 20.8 Å². The van der Waals surface area contributed by atoms with E-state index in [0.717, 1.165) is 0 Å². The van der Waals surface area contributed by atoms with Gasteiger partial charge in [0.2, 0.25) is 0 Å². The van der Waals surface area contributed by atoms with Crippen molar-refractivity contribution in [1.29, 1.82) is 0 Å². The molecule has 0 aliphatic carbocycles. The highest BCUT2D eigenvalue weighted by molar-refractivity contribution is 5.76.